The molecule has 3 rings (SSSR count). The lowest BCUT2D eigenvalue weighted by atomic mass is 9.85. The summed E-state index contributed by atoms with van der Waals surface area (Å²) < 4.78 is 7.09. The molecular formula is C25H36NO2+. The van der Waals surface area contributed by atoms with Crippen LogP contribution in [0.5, 0.6) is 5.75 Å². The van der Waals surface area contributed by atoms with Crippen LogP contribution in [0.4, 0.5) is 0 Å². The number of rotatable bonds is 7. The van der Waals surface area contributed by atoms with Crippen LogP contribution in [0.25, 0.3) is 0 Å². The van der Waals surface area contributed by atoms with E-state index in [9.17, 15) is 5.11 Å². The van der Waals surface area contributed by atoms with Crippen molar-refractivity contribution in [2.75, 3.05) is 26.2 Å². The van der Waals surface area contributed by atoms with Crippen LogP contribution < -0.4 is 4.74 Å². The summed E-state index contributed by atoms with van der Waals surface area (Å²) in [5, 5.41) is 10.8. The third kappa shape index (κ3) is 5.36. The maximum atomic E-state index is 10.8. The molecule has 0 saturated carbocycles. The first-order valence-corrected chi connectivity index (χ1v) is 10.6. The Labute approximate surface area is 170 Å². The van der Waals surface area contributed by atoms with Crippen molar-refractivity contribution >= 4 is 0 Å². The summed E-state index contributed by atoms with van der Waals surface area (Å²) >= 11 is 0. The number of aryl methyl sites for hydroxylation is 1. The summed E-state index contributed by atoms with van der Waals surface area (Å²) in [5.74, 6) is 0.896. The third-order valence-electron chi connectivity index (χ3n) is 5.85. The van der Waals surface area contributed by atoms with Gasteiger partial charge in [-0.05, 0) is 24.0 Å². The average molecular weight is 383 g/mol. The number of benzene rings is 2. The van der Waals surface area contributed by atoms with Crippen LogP contribution in [0.15, 0.2) is 48.5 Å². The van der Waals surface area contributed by atoms with Gasteiger partial charge in [0.1, 0.15) is 31.5 Å². The fourth-order valence-electron chi connectivity index (χ4n) is 4.42. The zero-order valence-electron chi connectivity index (χ0n) is 17.9. The molecule has 1 aliphatic rings. The first-order valence-electron chi connectivity index (χ1n) is 10.6. The highest BCUT2D eigenvalue weighted by Crippen LogP contribution is 2.32. The molecule has 3 nitrogen and oxygen atoms in total. The molecule has 28 heavy (non-hydrogen) atoms. The van der Waals surface area contributed by atoms with Crippen molar-refractivity contribution in [2.45, 2.75) is 58.6 Å². The zero-order chi connectivity index (χ0) is 20.2. The molecule has 1 N–H and O–H groups in total. The summed E-state index contributed by atoms with van der Waals surface area (Å²) in [5.41, 5.74) is 3.81. The fourth-order valence-corrected chi connectivity index (χ4v) is 4.42. The lowest BCUT2D eigenvalue weighted by Gasteiger charge is -2.36. The molecule has 0 radical (unpaired) electrons. The molecule has 0 aliphatic carbocycles. The van der Waals surface area contributed by atoms with Crippen LogP contribution in [-0.2, 0) is 12.0 Å². The molecule has 0 amide bonds. The van der Waals surface area contributed by atoms with Gasteiger partial charge in [0.2, 0.25) is 0 Å². The maximum Gasteiger partial charge on any atom is 0.137 e. The first kappa shape index (κ1) is 20.9. The minimum atomic E-state index is -0.462. The van der Waals surface area contributed by atoms with Gasteiger partial charge in [-0.3, -0.25) is 0 Å². The molecule has 0 unspecified atom stereocenters. The van der Waals surface area contributed by atoms with Gasteiger partial charge in [0.05, 0.1) is 13.1 Å². The van der Waals surface area contributed by atoms with Gasteiger partial charge in [0.15, 0.2) is 0 Å². The molecular weight excluding hydrogens is 346 g/mol. The Bertz CT molecular complexity index is 758. The van der Waals surface area contributed by atoms with Crippen molar-refractivity contribution in [1.82, 2.24) is 0 Å². The Hall–Kier alpha value is -1.84. The van der Waals surface area contributed by atoms with E-state index in [1.165, 1.54) is 29.5 Å². The van der Waals surface area contributed by atoms with Crippen molar-refractivity contribution < 1.29 is 14.3 Å². The lowest BCUT2D eigenvalue weighted by Crippen LogP contribution is -2.50. The van der Waals surface area contributed by atoms with E-state index in [4.69, 9.17) is 4.74 Å². The Balaban J connectivity index is 1.65. The van der Waals surface area contributed by atoms with Crippen molar-refractivity contribution in [3.63, 3.8) is 0 Å². The lowest BCUT2D eigenvalue weighted by molar-refractivity contribution is -0.932. The normalized spacial score (nSPS) is 17.5. The quantitative estimate of drug-likeness (QED) is 0.694. The topological polar surface area (TPSA) is 29.5 Å². The Morgan fingerprint density at radius 1 is 1.04 bits per heavy atom. The molecule has 3 heteroatoms. The van der Waals surface area contributed by atoms with Crippen molar-refractivity contribution in [3.8, 4) is 5.75 Å². The predicted octanol–water partition coefficient (Wildman–Crippen LogP) is 4.84. The molecule has 2 aromatic carbocycles. The molecule has 2 aromatic rings. The monoisotopic (exact) mass is 382 g/mol. The second-order valence-electron chi connectivity index (χ2n) is 9.54. The van der Waals surface area contributed by atoms with Gasteiger partial charge in [-0.15, -0.1) is 0 Å². The van der Waals surface area contributed by atoms with Crippen molar-refractivity contribution in [1.29, 1.82) is 0 Å². The molecule has 0 spiro atoms. The van der Waals surface area contributed by atoms with Crippen LogP contribution in [0.2, 0.25) is 0 Å². The van der Waals surface area contributed by atoms with Crippen molar-refractivity contribution in [3.05, 3.63) is 65.2 Å². The van der Waals surface area contributed by atoms with Gasteiger partial charge >= 0.3 is 0 Å². The summed E-state index contributed by atoms with van der Waals surface area (Å²) in [4.78, 5) is 0. The van der Waals surface area contributed by atoms with Crippen LogP contribution >= 0.6 is 0 Å². The molecule has 152 valence electrons. The number of aliphatic hydroxyl groups is 1. The number of ether oxygens (including phenoxy) is 1. The van der Waals surface area contributed by atoms with Crippen LogP contribution in [0.3, 0.4) is 0 Å². The number of likely N-dealkylation sites (tertiary alicyclic amines) is 1. The summed E-state index contributed by atoms with van der Waals surface area (Å²) in [7, 11) is 0. The number of nitrogens with zero attached hydrogens (tertiary/aromatic N) is 1. The van der Waals surface area contributed by atoms with E-state index in [0.717, 1.165) is 36.4 Å². The maximum absolute atomic E-state index is 10.8. The van der Waals surface area contributed by atoms with E-state index < -0.39 is 6.10 Å². The van der Waals surface area contributed by atoms with E-state index in [0.29, 0.717) is 6.61 Å². The third-order valence-corrected chi connectivity index (χ3v) is 5.85. The largest absolute Gasteiger partial charge is 0.490 e. The van der Waals surface area contributed by atoms with Gasteiger partial charge in [-0.2, -0.15) is 0 Å². The van der Waals surface area contributed by atoms with Crippen molar-refractivity contribution in [2.24, 2.45) is 0 Å². The van der Waals surface area contributed by atoms with Gasteiger partial charge in [0.25, 0.3) is 0 Å². The van der Waals surface area contributed by atoms with E-state index >= 15 is 0 Å². The standard InChI is InChI=1S/C25H36NO2/c1-20-12-13-24(23(16-20)25(2,3)4)28-19-22(27)18-26(14-8-9-15-26)17-21-10-6-5-7-11-21/h5-7,10-13,16,22,27H,8-9,14-15,17-19H2,1-4H3/q+1/t22-/m0/s1. The van der Waals surface area contributed by atoms with E-state index in [1.54, 1.807) is 0 Å². The van der Waals surface area contributed by atoms with Crippen LogP contribution in [-0.4, -0.2) is 41.9 Å². The van der Waals surface area contributed by atoms with Gasteiger partial charge in [0, 0.05) is 18.4 Å². The molecule has 1 atom stereocenters. The smallest absolute Gasteiger partial charge is 0.137 e. The van der Waals surface area contributed by atoms with Crippen LogP contribution in [0.1, 0.15) is 50.3 Å². The van der Waals surface area contributed by atoms with Gasteiger partial charge < -0.3 is 14.3 Å². The summed E-state index contributed by atoms with van der Waals surface area (Å²) in [6.45, 7) is 13.1. The highest BCUT2D eigenvalue weighted by molar-refractivity contribution is 5.41. The predicted molar refractivity (Wildman–Crippen MR) is 116 cm³/mol. The molecule has 1 heterocycles. The highest BCUT2D eigenvalue weighted by atomic mass is 16.5. The number of hydrogen-bond donors (Lipinski definition) is 1. The number of quaternary nitrogens is 1. The molecule has 0 bridgehead atoms. The van der Waals surface area contributed by atoms with Gasteiger partial charge in [-0.25, -0.2) is 0 Å². The molecule has 0 aromatic heterocycles. The molecule has 1 aliphatic heterocycles. The Kier molecular flexibility index (Phi) is 6.47. The SMILES string of the molecule is Cc1ccc(OC[C@@H](O)C[N+]2(Cc3ccccc3)CCCC2)c(C(C)(C)C)c1. The average Bonchev–Trinajstić information content (AvgIpc) is 3.08. The van der Waals surface area contributed by atoms with E-state index in [-0.39, 0.29) is 5.41 Å². The van der Waals surface area contributed by atoms with E-state index in [1.807, 2.05) is 6.07 Å². The number of hydrogen-bond acceptors (Lipinski definition) is 2. The summed E-state index contributed by atoms with van der Waals surface area (Å²) in [6, 6.07) is 17.0. The van der Waals surface area contributed by atoms with Crippen LogP contribution in [0, 0.1) is 6.92 Å². The zero-order valence-corrected chi connectivity index (χ0v) is 17.9. The minimum Gasteiger partial charge on any atom is -0.490 e. The van der Waals surface area contributed by atoms with E-state index in [2.05, 4.69) is 70.2 Å². The minimum absolute atomic E-state index is 0.0162. The first-order chi connectivity index (χ1) is 13.3. The second kappa shape index (κ2) is 8.67. The molecule has 1 saturated heterocycles. The second-order valence-corrected chi connectivity index (χ2v) is 9.54. The Morgan fingerprint density at radius 2 is 1.71 bits per heavy atom. The van der Waals surface area contributed by atoms with Gasteiger partial charge in [-0.1, -0.05) is 68.8 Å². The summed E-state index contributed by atoms with van der Waals surface area (Å²) in [6.07, 6.45) is 2.02. The number of aliphatic hydroxyl groups excluding tert-OH is 1. The highest BCUT2D eigenvalue weighted by Gasteiger charge is 2.34. The Morgan fingerprint density at radius 3 is 2.36 bits per heavy atom. The molecule has 1 fully saturated rings. The fraction of sp³-hybridized carbons (Fsp3) is 0.520.